The quantitative estimate of drug-likeness (QED) is 0.803. The van der Waals surface area contributed by atoms with Crippen molar-refractivity contribution in [3.05, 3.63) is 29.8 Å². The van der Waals surface area contributed by atoms with Crippen molar-refractivity contribution < 1.29 is 28.2 Å². The van der Waals surface area contributed by atoms with Crippen molar-refractivity contribution in [3.8, 4) is 5.75 Å². The van der Waals surface area contributed by atoms with Gasteiger partial charge < -0.3 is 15.2 Å². The summed E-state index contributed by atoms with van der Waals surface area (Å²) in [5.41, 5.74) is 0.150. The Morgan fingerprint density at radius 3 is 2.65 bits per heavy atom. The number of amides is 1. The monoisotopic (exact) mass is 287 g/mol. The second-order valence-corrected chi connectivity index (χ2v) is 3.95. The van der Waals surface area contributed by atoms with Crippen molar-refractivity contribution in [1.82, 2.24) is 5.32 Å². The number of carboxylic acids is 1. The van der Waals surface area contributed by atoms with Gasteiger partial charge in [-0.15, -0.1) is 0 Å². The molecule has 0 heterocycles. The van der Waals surface area contributed by atoms with E-state index in [2.05, 4.69) is 5.32 Å². The third-order valence-electron chi connectivity index (χ3n) is 2.42. The fourth-order valence-corrected chi connectivity index (χ4v) is 1.54. The van der Waals surface area contributed by atoms with Gasteiger partial charge in [-0.25, -0.2) is 13.6 Å². The molecule has 0 aromatic heterocycles. The van der Waals surface area contributed by atoms with E-state index in [1.54, 1.807) is 19.1 Å². The molecule has 0 fully saturated rings. The van der Waals surface area contributed by atoms with Gasteiger partial charge in [0.1, 0.15) is 11.8 Å². The molecule has 0 aliphatic heterocycles. The second kappa shape index (κ2) is 7.42. The zero-order valence-electron chi connectivity index (χ0n) is 10.8. The van der Waals surface area contributed by atoms with Crippen LogP contribution in [-0.4, -0.2) is 36.1 Å². The molecule has 0 saturated heterocycles. The third kappa shape index (κ3) is 4.83. The summed E-state index contributed by atoms with van der Waals surface area (Å²) in [7, 11) is 0. The van der Waals surface area contributed by atoms with E-state index < -0.39 is 30.8 Å². The van der Waals surface area contributed by atoms with E-state index in [-0.39, 0.29) is 5.56 Å². The zero-order chi connectivity index (χ0) is 15.1. The number of carboxylic acid groups (broad SMARTS) is 1. The maximum absolute atomic E-state index is 12.2. The molecule has 1 rings (SSSR count). The molecule has 1 atom stereocenters. The Kier molecular flexibility index (Phi) is 5.89. The number of hydrogen-bond donors (Lipinski definition) is 2. The van der Waals surface area contributed by atoms with Crippen LogP contribution in [0.1, 0.15) is 23.7 Å². The minimum Gasteiger partial charge on any atom is -0.494 e. The van der Waals surface area contributed by atoms with Gasteiger partial charge in [0.25, 0.3) is 5.91 Å². The van der Waals surface area contributed by atoms with Gasteiger partial charge in [-0.05, 0) is 25.1 Å². The fourth-order valence-electron chi connectivity index (χ4n) is 1.54. The number of carbonyl (C=O) groups is 2. The fraction of sp³-hybridized carbons (Fsp3) is 0.385. The van der Waals surface area contributed by atoms with Crippen LogP contribution in [0.3, 0.4) is 0 Å². The Morgan fingerprint density at radius 1 is 1.40 bits per heavy atom. The highest BCUT2D eigenvalue weighted by atomic mass is 19.3. The molecular formula is C13H15F2NO4. The highest BCUT2D eigenvalue weighted by Crippen LogP contribution is 2.14. The maximum atomic E-state index is 12.2. The number of alkyl halides is 2. The van der Waals surface area contributed by atoms with Crippen LogP contribution >= 0.6 is 0 Å². The molecule has 0 saturated carbocycles. The van der Waals surface area contributed by atoms with Crippen LogP contribution in [0.4, 0.5) is 8.78 Å². The molecule has 0 spiro atoms. The average Bonchev–Trinajstić information content (AvgIpc) is 2.38. The van der Waals surface area contributed by atoms with Crippen molar-refractivity contribution in [2.24, 2.45) is 0 Å². The van der Waals surface area contributed by atoms with E-state index in [1.807, 2.05) is 0 Å². The lowest BCUT2D eigenvalue weighted by Crippen LogP contribution is -2.42. The molecule has 1 aromatic rings. The molecule has 0 radical (unpaired) electrons. The molecule has 0 aliphatic carbocycles. The first kappa shape index (κ1) is 15.9. The summed E-state index contributed by atoms with van der Waals surface area (Å²) in [6.45, 7) is 2.18. The first-order valence-electron chi connectivity index (χ1n) is 5.98. The van der Waals surface area contributed by atoms with Gasteiger partial charge in [-0.1, -0.05) is 6.07 Å². The van der Waals surface area contributed by atoms with Crippen LogP contribution < -0.4 is 10.1 Å². The molecule has 2 N–H and O–H groups in total. The number of halogens is 2. The van der Waals surface area contributed by atoms with Crippen LogP contribution in [0.15, 0.2) is 24.3 Å². The number of rotatable bonds is 7. The lowest BCUT2D eigenvalue weighted by molar-refractivity contribution is -0.140. The van der Waals surface area contributed by atoms with Crippen LogP contribution in [-0.2, 0) is 4.79 Å². The predicted molar refractivity (Wildman–Crippen MR) is 67.1 cm³/mol. The Balaban J connectivity index is 2.78. The number of aliphatic carboxylic acids is 1. The Morgan fingerprint density at radius 2 is 2.10 bits per heavy atom. The van der Waals surface area contributed by atoms with Gasteiger partial charge in [-0.3, -0.25) is 4.79 Å². The molecule has 20 heavy (non-hydrogen) atoms. The summed E-state index contributed by atoms with van der Waals surface area (Å²) >= 11 is 0. The molecule has 7 heteroatoms. The van der Waals surface area contributed by atoms with Gasteiger partial charge in [0.05, 0.1) is 6.61 Å². The van der Waals surface area contributed by atoms with Crippen molar-refractivity contribution in [1.29, 1.82) is 0 Å². The predicted octanol–water partition coefficient (Wildman–Crippen LogP) is 1.92. The SMILES string of the molecule is CCOc1cccc(C(=O)NC(CC(F)F)C(=O)O)c1. The minimum absolute atomic E-state index is 0.150. The first-order chi connectivity index (χ1) is 9.43. The largest absolute Gasteiger partial charge is 0.494 e. The van der Waals surface area contributed by atoms with E-state index >= 15 is 0 Å². The summed E-state index contributed by atoms with van der Waals surface area (Å²) in [5.74, 6) is -1.79. The Hall–Kier alpha value is -2.18. The van der Waals surface area contributed by atoms with E-state index in [0.717, 1.165) is 0 Å². The lowest BCUT2D eigenvalue weighted by atomic mass is 10.1. The van der Waals surface area contributed by atoms with Crippen LogP contribution in [0, 0.1) is 0 Å². The Labute approximate surface area is 114 Å². The normalized spacial score (nSPS) is 12.0. The number of carbonyl (C=O) groups excluding carboxylic acids is 1. The zero-order valence-corrected chi connectivity index (χ0v) is 10.8. The standard InChI is InChI=1S/C13H15F2NO4/c1-2-20-9-5-3-4-8(6-9)12(17)16-10(13(18)19)7-11(14)15/h3-6,10-11H,2,7H2,1H3,(H,16,17)(H,18,19). The molecule has 1 aromatic carbocycles. The summed E-state index contributed by atoms with van der Waals surface area (Å²) < 4.78 is 29.7. The summed E-state index contributed by atoms with van der Waals surface area (Å²) in [6, 6.07) is 4.43. The van der Waals surface area contributed by atoms with E-state index in [4.69, 9.17) is 9.84 Å². The number of nitrogens with one attached hydrogen (secondary N) is 1. The van der Waals surface area contributed by atoms with Crippen molar-refractivity contribution in [3.63, 3.8) is 0 Å². The van der Waals surface area contributed by atoms with Crippen LogP contribution in [0.25, 0.3) is 0 Å². The summed E-state index contributed by atoms with van der Waals surface area (Å²) in [5, 5.41) is 10.8. The first-order valence-corrected chi connectivity index (χ1v) is 5.98. The number of benzene rings is 1. The topological polar surface area (TPSA) is 75.6 Å². The molecule has 5 nitrogen and oxygen atoms in total. The minimum atomic E-state index is -2.81. The van der Waals surface area contributed by atoms with Crippen LogP contribution in [0.5, 0.6) is 5.75 Å². The highest BCUT2D eigenvalue weighted by molar-refractivity contribution is 5.96. The van der Waals surface area contributed by atoms with Crippen molar-refractivity contribution >= 4 is 11.9 Å². The molecular weight excluding hydrogens is 272 g/mol. The molecule has 0 aliphatic rings. The summed E-state index contributed by atoms with van der Waals surface area (Å²) in [4.78, 5) is 22.6. The average molecular weight is 287 g/mol. The number of hydrogen-bond acceptors (Lipinski definition) is 3. The second-order valence-electron chi connectivity index (χ2n) is 3.95. The lowest BCUT2D eigenvalue weighted by Gasteiger charge is -2.14. The van der Waals surface area contributed by atoms with Gasteiger partial charge in [0.15, 0.2) is 0 Å². The van der Waals surface area contributed by atoms with Crippen molar-refractivity contribution in [2.45, 2.75) is 25.8 Å². The van der Waals surface area contributed by atoms with Gasteiger partial charge in [-0.2, -0.15) is 0 Å². The Bertz CT molecular complexity index is 479. The molecule has 0 bridgehead atoms. The van der Waals surface area contributed by atoms with Crippen LogP contribution in [0.2, 0.25) is 0 Å². The highest BCUT2D eigenvalue weighted by Gasteiger charge is 2.24. The van der Waals surface area contributed by atoms with E-state index in [0.29, 0.717) is 12.4 Å². The third-order valence-corrected chi connectivity index (χ3v) is 2.42. The van der Waals surface area contributed by atoms with E-state index in [1.165, 1.54) is 12.1 Å². The van der Waals surface area contributed by atoms with Gasteiger partial charge in [0.2, 0.25) is 6.43 Å². The van der Waals surface area contributed by atoms with Gasteiger partial charge >= 0.3 is 5.97 Å². The molecule has 1 unspecified atom stereocenters. The molecule has 110 valence electrons. The van der Waals surface area contributed by atoms with Gasteiger partial charge in [0, 0.05) is 12.0 Å². The smallest absolute Gasteiger partial charge is 0.326 e. The number of ether oxygens (including phenoxy) is 1. The summed E-state index contributed by atoms with van der Waals surface area (Å²) in [6.07, 6.45) is -3.75. The maximum Gasteiger partial charge on any atom is 0.326 e. The molecule has 1 amide bonds. The van der Waals surface area contributed by atoms with Crippen molar-refractivity contribution in [2.75, 3.05) is 6.61 Å². The van der Waals surface area contributed by atoms with E-state index in [9.17, 15) is 18.4 Å².